The Bertz CT molecular complexity index is 2900. The highest BCUT2D eigenvalue weighted by molar-refractivity contribution is 7.26. The number of hydrogen-bond donors (Lipinski definition) is 0. The normalized spacial score (nSPS) is 11.3. The molecule has 0 radical (unpaired) electrons. The first kappa shape index (κ1) is 32.7. The van der Waals surface area contributed by atoms with Gasteiger partial charge in [-0.15, -0.1) is 11.3 Å². The maximum Gasteiger partial charge on any atom is 0.0555 e. The molecule has 0 fully saturated rings. The number of anilines is 6. The monoisotopic (exact) mass is 720 g/mol. The molecule has 1 aromatic heterocycles. The molecule has 260 valence electrons. The molecule has 0 amide bonds. The first-order valence-electron chi connectivity index (χ1n) is 18.7. The van der Waals surface area contributed by atoms with Gasteiger partial charge < -0.3 is 9.80 Å². The van der Waals surface area contributed by atoms with E-state index in [2.05, 4.69) is 228 Å². The summed E-state index contributed by atoms with van der Waals surface area (Å²) in [4.78, 5) is 4.77. The summed E-state index contributed by atoms with van der Waals surface area (Å²) in [5, 5.41) is 4.99. The lowest BCUT2D eigenvalue weighted by molar-refractivity contribution is 1.28. The van der Waals surface area contributed by atoms with Gasteiger partial charge in [-0.25, -0.2) is 0 Å². The number of para-hydroxylation sites is 2. The topological polar surface area (TPSA) is 6.48 Å². The fraction of sp³-hybridized carbons (Fsp3) is 0. The molecule has 0 aliphatic carbocycles. The second-order valence-electron chi connectivity index (χ2n) is 13.7. The van der Waals surface area contributed by atoms with Crippen LogP contribution in [0.5, 0.6) is 0 Å². The van der Waals surface area contributed by atoms with Crippen LogP contribution in [-0.4, -0.2) is 0 Å². The Labute approximate surface area is 325 Å². The van der Waals surface area contributed by atoms with Gasteiger partial charge in [0.2, 0.25) is 0 Å². The molecule has 0 saturated heterocycles. The van der Waals surface area contributed by atoms with E-state index in [1.165, 1.54) is 58.9 Å². The molecule has 0 aliphatic rings. The second-order valence-corrected chi connectivity index (χ2v) is 14.8. The van der Waals surface area contributed by atoms with Gasteiger partial charge in [0, 0.05) is 48.3 Å². The molecule has 0 spiro atoms. The van der Waals surface area contributed by atoms with E-state index >= 15 is 0 Å². The average molecular weight is 721 g/mol. The van der Waals surface area contributed by atoms with Crippen LogP contribution in [0.4, 0.5) is 34.1 Å². The SMILES string of the molecule is c1ccc(-c2ccc(N(c3ccccc3)c3ccc(-c4ccc(N(c5ccccc5)c5cccc6sc7ccccc7c56)c5ccccc45)cc3)cc2)cc1. The highest BCUT2D eigenvalue weighted by atomic mass is 32.1. The average Bonchev–Trinajstić information content (AvgIpc) is 3.65. The van der Waals surface area contributed by atoms with Crippen LogP contribution in [0.2, 0.25) is 0 Å². The van der Waals surface area contributed by atoms with Crippen molar-refractivity contribution in [1.82, 2.24) is 0 Å². The standard InChI is InChI=1S/C52H36N2S/c1-4-15-37(16-5-1)38-27-31-42(32-28-38)53(40-17-6-2-7-18-40)43-33-29-39(30-34-43)44-35-36-48(46-22-11-10-21-45(44)46)54(41-19-8-3-9-20-41)49-24-14-26-51-52(49)47-23-12-13-25-50(47)55-51/h1-36H. The van der Waals surface area contributed by atoms with Crippen molar-refractivity contribution < 1.29 is 0 Å². The molecule has 0 saturated carbocycles. The third kappa shape index (κ3) is 6.01. The van der Waals surface area contributed by atoms with Gasteiger partial charge in [0.05, 0.1) is 11.4 Å². The van der Waals surface area contributed by atoms with Crippen molar-refractivity contribution in [3.05, 3.63) is 218 Å². The summed E-state index contributed by atoms with van der Waals surface area (Å²) < 4.78 is 2.59. The summed E-state index contributed by atoms with van der Waals surface area (Å²) in [6, 6.07) is 78.7. The predicted molar refractivity (Wildman–Crippen MR) is 237 cm³/mol. The number of benzene rings is 9. The van der Waals surface area contributed by atoms with Crippen LogP contribution in [0, 0.1) is 0 Å². The molecule has 0 N–H and O–H groups in total. The Balaban J connectivity index is 1.07. The highest BCUT2D eigenvalue weighted by Gasteiger charge is 2.21. The zero-order chi connectivity index (χ0) is 36.6. The first-order valence-corrected chi connectivity index (χ1v) is 19.5. The molecule has 0 bridgehead atoms. The summed E-state index contributed by atoms with van der Waals surface area (Å²) in [5.74, 6) is 0. The van der Waals surface area contributed by atoms with E-state index in [1.54, 1.807) is 0 Å². The Morgan fingerprint density at radius 1 is 0.273 bits per heavy atom. The van der Waals surface area contributed by atoms with Crippen LogP contribution in [0.15, 0.2) is 218 Å². The Morgan fingerprint density at radius 2 is 0.764 bits per heavy atom. The van der Waals surface area contributed by atoms with Gasteiger partial charge in [0.15, 0.2) is 0 Å². The van der Waals surface area contributed by atoms with E-state index in [-0.39, 0.29) is 0 Å². The molecule has 10 aromatic rings. The van der Waals surface area contributed by atoms with E-state index in [4.69, 9.17) is 0 Å². The van der Waals surface area contributed by atoms with E-state index < -0.39 is 0 Å². The number of hydrogen-bond acceptors (Lipinski definition) is 3. The van der Waals surface area contributed by atoms with Gasteiger partial charge in [0.1, 0.15) is 0 Å². The third-order valence-corrected chi connectivity index (χ3v) is 11.6. The van der Waals surface area contributed by atoms with Crippen molar-refractivity contribution in [2.45, 2.75) is 0 Å². The van der Waals surface area contributed by atoms with Crippen molar-refractivity contribution >= 4 is 76.4 Å². The molecule has 10 rings (SSSR count). The number of thiophene rings is 1. The lowest BCUT2D eigenvalue weighted by atomic mass is 9.95. The minimum Gasteiger partial charge on any atom is -0.311 e. The zero-order valence-electron chi connectivity index (χ0n) is 30.1. The van der Waals surface area contributed by atoms with Crippen molar-refractivity contribution in [3.63, 3.8) is 0 Å². The van der Waals surface area contributed by atoms with E-state index in [0.29, 0.717) is 0 Å². The minimum absolute atomic E-state index is 1.11. The molecule has 55 heavy (non-hydrogen) atoms. The third-order valence-electron chi connectivity index (χ3n) is 10.5. The van der Waals surface area contributed by atoms with Gasteiger partial charge >= 0.3 is 0 Å². The van der Waals surface area contributed by atoms with E-state index in [0.717, 1.165) is 28.4 Å². The molecule has 0 aliphatic heterocycles. The predicted octanol–water partition coefficient (Wildman–Crippen LogP) is 15.5. The molecule has 3 heteroatoms. The lowest BCUT2D eigenvalue weighted by Crippen LogP contribution is -2.11. The Morgan fingerprint density at radius 3 is 1.44 bits per heavy atom. The quantitative estimate of drug-likeness (QED) is 0.154. The molecular formula is C52H36N2S. The molecule has 9 aromatic carbocycles. The zero-order valence-corrected chi connectivity index (χ0v) is 30.9. The van der Waals surface area contributed by atoms with Crippen molar-refractivity contribution in [3.8, 4) is 22.3 Å². The summed E-state index contributed by atoms with van der Waals surface area (Å²) in [7, 11) is 0. The highest BCUT2D eigenvalue weighted by Crippen LogP contribution is 2.47. The van der Waals surface area contributed by atoms with Crippen LogP contribution >= 0.6 is 11.3 Å². The van der Waals surface area contributed by atoms with E-state index in [9.17, 15) is 0 Å². The largest absolute Gasteiger partial charge is 0.311 e. The van der Waals surface area contributed by atoms with Gasteiger partial charge in [-0.1, -0.05) is 146 Å². The van der Waals surface area contributed by atoms with Gasteiger partial charge in [0.25, 0.3) is 0 Å². The second kappa shape index (κ2) is 14.1. The summed E-state index contributed by atoms with van der Waals surface area (Å²) in [6.07, 6.45) is 0. The molecule has 0 atom stereocenters. The minimum atomic E-state index is 1.11. The fourth-order valence-electron chi connectivity index (χ4n) is 7.91. The van der Waals surface area contributed by atoms with E-state index in [1.807, 2.05) is 11.3 Å². The van der Waals surface area contributed by atoms with Crippen molar-refractivity contribution in [2.24, 2.45) is 0 Å². The van der Waals surface area contributed by atoms with Crippen LogP contribution in [0.1, 0.15) is 0 Å². The lowest BCUT2D eigenvalue weighted by Gasteiger charge is -2.28. The first-order chi connectivity index (χ1) is 27.3. The summed E-state index contributed by atoms with van der Waals surface area (Å²) in [5.41, 5.74) is 11.6. The van der Waals surface area contributed by atoms with Crippen LogP contribution in [0.3, 0.4) is 0 Å². The van der Waals surface area contributed by atoms with Crippen molar-refractivity contribution in [2.75, 3.05) is 9.80 Å². The number of fused-ring (bicyclic) bond motifs is 4. The van der Waals surface area contributed by atoms with Gasteiger partial charge in [-0.05, 0) is 100 Å². The fourth-order valence-corrected chi connectivity index (χ4v) is 9.03. The Hall–Kier alpha value is -6.94. The number of rotatable bonds is 8. The van der Waals surface area contributed by atoms with Crippen LogP contribution < -0.4 is 9.80 Å². The molecule has 0 unspecified atom stereocenters. The maximum absolute atomic E-state index is 2.44. The molecule has 2 nitrogen and oxygen atoms in total. The smallest absolute Gasteiger partial charge is 0.0555 e. The van der Waals surface area contributed by atoms with Gasteiger partial charge in [-0.3, -0.25) is 0 Å². The molecule has 1 heterocycles. The summed E-state index contributed by atoms with van der Waals surface area (Å²) >= 11 is 1.86. The van der Waals surface area contributed by atoms with Crippen LogP contribution in [0.25, 0.3) is 53.2 Å². The molecular weight excluding hydrogens is 685 g/mol. The maximum atomic E-state index is 2.44. The van der Waals surface area contributed by atoms with Crippen LogP contribution in [-0.2, 0) is 0 Å². The Kier molecular flexibility index (Phi) is 8.40. The van der Waals surface area contributed by atoms with Gasteiger partial charge in [-0.2, -0.15) is 0 Å². The van der Waals surface area contributed by atoms with Crippen molar-refractivity contribution in [1.29, 1.82) is 0 Å². The summed E-state index contributed by atoms with van der Waals surface area (Å²) in [6.45, 7) is 0. The number of nitrogens with zero attached hydrogens (tertiary/aromatic N) is 2.